The van der Waals surface area contributed by atoms with Gasteiger partial charge >= 0.3 is 12.2 Å². The summed E-state index contributed by atoms with van der Waals surface area (Å²) < 4.78 is 11.8. The van der Waals surface area contributed by atoms with E-state index in [2.05, 4.69) is 22.0 Å². The summed E-state index contributed by atoms with van der Waals surface area (Å²) in [5.41, 5.74) is 2.43. The van der Waals surface area contributed by atoms with Crippen molar-refractivity contribution < 1.29 is 28.7 Å². The zero-order valence-corrected chi connectivity index (χ0v) is 29.8. The number of nitriles is 1. The van der Waals surface area contributed by atoms with Crippen LogP contribution in [-0.4, -0.2) is 70.9 Å². The minimum atomic E-state index is -0.515. The van der Waals surface area contributed by atoms with Gasteiger partial charge in [0.1, 0.15) is 11.2 Å². The van der Waals surface area contributed by atoms with Crippen molar-refractivity contribution in [2.24, 2.45) is 10.8 Å². The normalized spacial score (nSPS) is 19.4. The lowest BCUT2D eigenvalue weighted by Crippen LogP contribution is -2.47. The van der Waals surface area contributed by atoms with Crippen LogP contribution >= 0.6 is 15.9 Å². The number of fused-ring (bicyclic) bond motifs is 2. The number of nitrogens with zero attached hydrogens (tertiary/aromatic N) is 3. The standard InChI is InChI=1S/C19H22N2O3.C18H22BrNO3/c1-18(2,3)24-17(23)21-8-6-19(7-9-21)11-14-5-4-13(12-20)10-15(14)16(19)22;1-17(2,3)23-16(22)20-8-6-18(7-9-20)11-12-4-5-13(19)10-14(12)15(18)21/h4-5,10H,6-9,11H2,1-3H3;4-5,10H,6-9,11H2,1-3H3. The number of halogens is 1. The average Bonchev–Trinajstić information content (AvgIpc) is 3.41. The van der Waals surface area contributed by atoms with Crippen molar-refractivity contribution in [3.63, 3.8) is 0 Å². The van der Waals surface area contributed by atoms with Crippen molar-refractivity contribution in [2.45, 2.75) is 91.3 Å². The van der Waals surface area contributed by atoms with E-state index in [1.165, 1.54) is 0 Å². The minimum absolute atomic E-state index is 0.124. The number of carbonyl (C=O) groups is 4. The van der Waals surface area contributed by atoms with Gasteiger partial charge in [0.15, 0.2) is 11.6 Å². The predicted octanol–water partition coefficient (Wildman–Crippen LogP) is 7.52. The molecule has 0 bridgehead atoms. The molecule has 2 aliphatic carbocycles. The average molecular weight is 707 g/mol. The van der Waals surface area contributed by atoms with Gasteiger partial charge in [-0.25, -0.2) is 9.59 Å². The number of likely N-dealkylation sites (tertiary alicyclic amines) is 2. The third-order valence-corrected chi connectivity index (χ3v) is 10.1. The summed E-state index contributed by atoms with van der Waals surface area (Å²) in [5, 5.41) is 9.03. The lowest BCUT2D eigenvalue weighted by Gasteiger charge is -2.38. The van der Waals surface area contributed by atoms with Crippen LogP contribution < -0.4 is 0 Å². The Morgan fingerprint density at radius 1 is 0.723 bits per heavy atom. The molecule has 10 heteroatoms. The molecule has 4 aliphatic rings. The molecule has 2 aromatic carbocycles. The Morgan fingerprint density at radius 2 is 1.13 bits per heavy atom. The Kier molecular flexibility index (Phi) is 9.37. The Labute approximate surface area is 285 Å². The van der Waals surface area contributed by atoms with Gasteiger partial charge in [-0.3, -0.25) is 9.59 Å². The second-order valence-electron chi connectivity index (χ2n) is 15.3. The van der Waals surface area contributed by atoms with Gasteiger partial charge in [0.2, 0.25) is 0 Å². The molecule has 2 fully saturated rings. The number of hydrogen-bond donors (Lipinski definition) is 0. The molecular weight excluding hydrogens is 662 g/mol. The lowest BCUT2D eigenvalue weighted by molar-refractivity contribution is 0.0108. The number of piperidine rings is 2. The highest BCUT2D eigenvalue weighted by atomic mass is 79.9. The van der Waals surface area contributed by atoms with Gasteiger partial charge in [0.25, 0.3) is 0 Å². The van der Waals surface area contributed by atoms with Crippen molar-refractivity contribution >= 4 is 39.7 Å². The summed E-state index contributed by atoms with van der Waals surface area (Å²) in [6.07, 6.45) is 3.59. The van der Waals surface area contributed by atoms with E-state index in [-0.39, 0.29) is 29.2 Å². The van der Waals surface area contributed by atoms with E-state index in [0.29, 0.717) is 69.4 Å². The Balaban J connectivity index is 0.000000185. The van der Waals surface area contributed by atoms with Gasteiger partial charge in [0, 0.05) is 52.6 Å². The maximum Gasteiger partial charge on any atom is 0.410 e. The Morgan fingerprint density at radius 3 is 1.53 bits per heavy atom. The number of benzene rings is 2. The first-order valence-electron chi connectivity index (χ1n) is 16.3. The van der Waals surface area contributed by atoms with E-state index >= 15 is 0 Å². The second-order valence-corrected chi connectivity index (χ2v) is 16.2. The first-order chi connectivity index (χ1) is 21.9. The topological polar surface area (TPSA) is 117 Å². The molecule has 0 aromatic heterocycles. The van der Waals surface area contributed by atoms with E-state index in [9.17, 15) is 19.2 Å². The first-order valence-corrected chi connectivity index (χ1v) is 17.1. The number of Topliss-reactive ketones (excluding diaryl/α,β-unsaturated/α-hetero) is 2. The zero-order chi connectivity index (χ0) is 34.4. The van der Waals surface area contributed by atoms with Crippen molar-refractivity contribution in [3.05, 3.63) is 68.7 Å². The number of ketones is 2. The van der Waals surface area contributed by atoms with Gasteiger partial charge in [-0.05, 0) is 115 Å². The van der Waals surface area contributed by atoms with E-state index < -0.39 is 16.6 Å². The largest absolute Gasteiger partial charge is 0.444 e. The zero-order valence-electron chi connectivity index (χ0n) is 28.2. The van der Waals surface area contributed by atoms with Crippen LogP contribution in [0.2, 0.25) is 0 Å². The fraction of sp³-hybridized carbons (Fsp3) is 0.541. The van der Waals surface area contributed by atoms with Gasteiger partial charge < -0.3 is 19.3 Å². The van der Waals surface area contributed by atoms with Crippen LogP contribution in [0.5, 0.6) is 0 Å². The molecule has 0 N–H and O–H groups in total. The molecular formula is C37H44BrN3O6. The fourth-order valence-corrected chi connectivity index (χ4v) is 7.44. The van der Waals surface area contributed by atoms with E-state index in [4.69, 9.17) is 14.7 Å². The molecule has 6 rings (SSSR count). The highest BCUT2D eigenvalue weighted by Crippen LogP contribution is 2.46. The van der Waals surface area contributed by atoms with Crippen LogP contribution in [-0.2, 0) is 22.3 Å². The maximum absolute atomic E-state index is 12.9. The third kappa shape index (κ3) is 7.40. The Hall–Kier alpha value is -3.71. The van der Waals surface area contributed by atoms with Gasteiger partial charge in [-0.2, -0.15) is 5.26 Å². The summed E-state index contributed by atoms with van der Waals surface area (Å²) in [6, 6.07) is 13.4. The second kappa shape index (κ2) is 12.7. The van der Waals surface area contributed by atoms with Gasteiger partial charge in [-0.1, -0.05) is 28.1 Å². The summed E-state index contributed by atoms with van der Waals surface area (Å²) in [5.74, 6) is 0.357. The van der Waals surface area contributed by atoms with Crippen molar-refractivity contribution in [3.8, 4) is 6.07 Å². The van der Waals surface area contributed by atoms with Crippen molar-refractivity contribution in [1.82, 2.24) is 9.80 Å². The molecule has 2 aromatic rings. The van der Waals surface area contributed by atoms with E-state index in [0.717, 1.165) is 27.6 Å². The monoisotopic (exact) mass is 705 g/mol. The highest BCUT2D eigenvalue weighted by molar-refractivity contribution is 9.10. The summed E-state index contributed by atoms with van der Waals surface area (Å²) in [6.45, 7) is 13.4. The number of amides is 2. The molecule has 47 heavy (non-hydrogen) atoms. The Bertz CT molecular complexity index is 1630. The van der Waals surface area contributed by atoms with Crippen LogP contribution in [0.15, 0.2) is 40.9 Å². The van der Waals surface area contributed by atoms with Crippen molar-refractivity contribution in [1.29, 1.82) is 5.26 Å². The van der Waals surface area contributed by atoms with Gasteiger partial charge in [-0.15, -0.1) is 0 Å². The number of carbonyl (C=O) groups excluding carboxylic acids is 4. The van der Waals surface area contributed by atoms with Crippen LogP contribution in [0.1, 0.15) is 105 Å². The van der Waals surface area contributed by atoms with Crippen molar-refractivity contribution in [2.75, 3.05) is 26.2 Å². The number of rotatable bonds is 0. The molecule has 0 atom stereocenters. The summed E-state index contributed by atoms with van der Waals surface area (Å²) >= 11 is 3.44. The molecule has 2 amide bonds. The molecule has 250 valence electrons. The van der Waals surface area contributed by atoms with Crippen LogP contribution in [0.3, 0.4) is 0 Å². The van der Waals surface area contributed by atoms with Crippen LogP contribution in [0.25, 0.3) is 0 Å². The molecule has 0 unspecified atom stereocenters. The highest BCUT2D eigenvalue weighted by Gasteiger charge is 2.49. The number of ether oxygens (including phenoxy) is 2. The number of hydrogen-bond acceptors (Lipinski definition) is 7. The molecule has 0 radical (unpaired) electrons. The summed E-state index contributed by atoms with van der Waals surface area (Å²) in [4.78, 5) is 53.5. The first kappa shape index (κ1) is 34.6. The van der Waals surface area contributed by atoms with Gasteiger partial charge in [0.05, 0.1) is 11.6 Å². The van der Waals surface area contributed by atoms with Crippen LogP contribution in [0, 0.1) is 22.2 Å². The van der Waals surface area contributed by atoms with E-state index in [1.807, 2.05) is 65.8 Å². The molecule has 2 aliphatic heterocycles. The molecule has 0 saturated carbocycles. The SMILES string of the molecule is CC(C)(C)OC(=O)N1CCC2(CC1)Cc1ccc(Br)cc1C2=O.CC(C)(C)OC(=O)N1CCC2(CC1)Cc1ccc(C#N)cc1C2=O. The maximum atomic E-state index is 12.9. The predicted molar refractivity (Wildman–Crippen MR) is 180 cm³/mol. The molecule has 2 spiro atoms. The fourth-order valence-electron chi connectivity index (χ4n) is 7.08. The van der Waals surface area contributed by atoms with Crippen LogP contribution in [0.4, 0.5) is 9.59 Å². The lowest BCUT2D eigenvalue weighted by atomic mass is 9.75. The quantitative estimate of drug-likeness (QED) is 0.278. The minimum Gasteiger partial charge on any atom is -0.444 e. The third-order valence-electron chi connectivity index (χ3n) is 9.57. The smallest absolute Gasteiger partial charge is 0.410 e. The molecule has 2 heterocycles. The molecule has 9 nitrogen and oxygen atoms in total. The summed E-state index contributed by atoms with van der Waals surface area (Å²) in [7, 11) is 0. The molecule has 2 saturated heterocycles. The van der Waals surface area contributed by atoms with E-state index in [1.54, 1.807) is 21.9 Å².